The van der Waals surface area contributed by atoms with Crippen LogP contribution in [-0.2, 0) is 28.6 Å². The molecule has 0 aromatic rings. The van der Waals surface area contributed by atoms with E-state index in [1.54, 1.807) is 6.92 Å². The van der Waals surface area contributed by atoms with E-state index in [9.17, 15) is 24.5 Å². The van der Waals surface area contributed by atoms with Crippen LogP contribution in [0.25, 0.3) is 0 Å². The third-order valence-corrected chi connectivity index (χ3v) is 3.55. The van der Waals surface area contributed by atoms with E-state index in [4.69, 9.17) is 26.4 Å². The van der Waals surface area contributed by atoms with Gasteiger partial charge >= 0.3 is 12.1 Å². The maximum atomic E-state index is 11.9. The lowest BCUT2D eigenvalue weighted by Crippen LogP contribution is -2.47. The van der Waals surface area contributed by atoms with Gasteiger partial charge in [0.25, 0.3) is 5.09 Å². The molecule has 1 aliphatic heterocycles. The Morgan fingerprint density at radius 2 is 2.12 bits per heavy atom. The Balaban J connectivity index is 2.45. The highest BCUT2D eigenvalue weighted by molar-refractivity contribution is 7.80. The maximum Gasteiger partial charge on any atom is 0.509 e. The molecule has 0 spiro atoms. The normalized spacial score (nSPS) is 19.5. The van der Waals surface area contributed by atoms with Crippen molar-refractivity contribution in [2.45, 2.75) is 38.5 Å². The lowest BCUT2D eigenvalue weighted by atomic mass is 10.2. The van der Waals surface area contributed by atoms with Crippen molar-refractivity contribution in [3.05, 3.63) is 10.1 Å². The first-order valence-corrected chi connectivity index (χ1v) is 7.95. The van der Waals surface area contributed by atoms with Crippen molar-refractivity contribution in [1.82, 2.24) is 10.6 Å². The van der Waals surface area contributed by atoms with Crippen molar-refractivity contribution >= 4 is 35.2 Å². The first kappa shape index (κ1) is 21.3. The van der Waals surface area contributed by atoms with Crippen LogP contribution in [-0.4, -0.2) is 66.1 Å². The number of cyclic esters (lactones) is 2. The van der Waals surface area contributed by atoms with Crippen molar-refractivity contribution in [3.8, 4) is 0 Å². The fraction of sp³-hybridized carbons (Fsp3) is 0.692. The summed E-state index contributed by atoms with van der Waals surface area (Å²) < 4.78 is 14.6. The minimum atomic E-state index is -0.950. The van der Waals surface area contributed by atoms with Gasteiger partial charge in [-0.25, -0.2) is 4.79 Å². The highest BCUT2D eigenvalue weighted by Gasteiger charge is 2.34. The van der Waals surface area contributed by atoms with E-state index in [0.29, 0.717) is 0 Å². The second-order valence-corrected chi connectivity index (χ2v) is 5.66. The molecule has 0 saturated carbocycles. The number of carbonyl (C=O) groups is 3. The van der Waals surface area contributed by atoms with Crippen molar-refractivity contribution in [3.63, 3.8) is 0 Å². The largest absolute Gasteiger partial charge is 0.509 e. The molecular weight excluding hydrogens is 374 g/mol. The van der Waals surface area contributed by atoms with Crippen LogP contribution in [0.5, 0.6) is 0 Å². The summed E-state index contributed by atoms with van der Waals surface area (Å²) in [5, 5.41) is 14.2. The number of rotatable bonds is 10. The number of esters is 1. The molecule has 0 aliphatic carbocycles. The topological polar surface area (TPSA) is 155 Å². The third-order valence-electron chi connectivity index (χ3n) is 3.12. The standard InChI is InChI=1S/C13H19N3O9S/c1-7-10(25-13(19)24-7)6-22-11(18)5-9(15-8(2)17)12(26)14-3-4-23-16(20)21/h7,9-10H,3-6H2,1-2H3,(H,14,26)(H,15,17). The molecule has 1 rings (SSSR count). The average molecular weight is 393 g/mol. The zero-order valence-corrected chi connectivity index (χ0v) is 14.9. The van der Waals surface area contributed by atoms with Gasteiger partial charge in [-0.1, -0.05) is 12.2 Å². The summed E-state index contributed by atoms with van der Waals surface area (Å²) in [6.07, 6.45) is -2.38. The number of hydrogen-bond acceptors (Lipinski definition) is 10. The molecular formula is C13H19N3O9S. The van der Waals surface area contributed by atoms with Gasteiger partial charge < -0.3 is 29.7 Å². The van der Waals surface area contributed by atoms with Crippen LogP contribution in [0.3, 0.4) is 0 Å². The molecule has 2 N–H and O–H groups in total. The molecule has 1 saturated heterocycles. The van der Waals surface area contributed by atoms with Crippen LogP contribution in [0.2, 0.25) is 0 Å². The fourth-order valence-electron chi connectivity index (χ4n) is 1.92. The summed E-state index contributed by atoms with van der Waals surface area (Å²) in [6.45, 7) is 2.39. The Hall–Kier alpha value is -2.70. The number of hydrogen-bond donors (Lipinski definition) is 2. The van der Waals surface area contributed by atoms with Crippen molar-refractivity contribution < 1.29 is 38.5 Å². The Morgan fingerprint density at radius 1 is 1.42 bits per heavy atom. The molecule has 12 nitrogen and oxygen atoms in total. The molecule has 0 radical (unpaired) electrons. The highest BCUT2D eigenvalue weighted by Crippen LogP contribution is 2.15. The Labute approximate surface area is 153 Å². The van der Waals surface area contributed by atoms with Crippen molar-refractivity contribution in [2.75, 3.05) is 19.8 Å². The van der Waals surface area contributed by atoms with Gasteiger partial charge in [0.15, 0.2) is 6.10 Å². The van der Waals surface area contributed by atoms with E-state index in [1.165, 1.54) is 6.92 Å². The fourth-order valence-corrected chi connectivity index (χ4v) is 2.16. The molecule has 146 valence electrons. The second-order valence-electron chi connectivity index (χ2n) is 5.22. The van der Waals surface area contributed by atoms with Gasteiger partial charge in [-0.2, -0.15) is 0 Å². The first-order valence-electron chi connectivity index (χ1n) is 7.54. The van der Waals surface area contributed by atoms with Crippen LogP contribution in [0, 0.1) is 10.1 Å². The molecule has 1 amide bonds. The minimum absolute atomic E-state index is 0.0117. The molecule has 1 heterocycles. The molecule has 13 heteroatoms. The van der Waals surface area contributed by atoms with E-state index in [1.807, 2.05) is 0 Å². The first-order chi connectivity index (χ1) is 12.2. The smallest absolute Gasteiger partial charge is 0.461 e. The number of nitrogens with zero attached hydrogens (tertiary/aromatic N) is 1. The van der Waals surface area contributed by atoms with E-state index >= 15 is 0 Å². The van der Waals surface area contributed by atoms with E-state index < -0.39 is 41.4 Å². The monoisotopic (exact) mass is 393 g/mol. The Morgan fingerprint density at radius 3 is 2.65 bits per heavy atom. The van der Waals surface area contributed by atoms with Gasteiger partial charge in [-0.3, -0.25) is 9.59 Å². The van der Waals surface area contributed by atoms with Crippen LogP contribution in [0.1, 0.15) is 20.3 Å². The summed E-state index contributed by atoms with van der Waals surface area (Å²) in [4.78, 5) is 48.4. The zero-order chi connectivity index (χ0) is 19.7. The van der Waals surface area contributed by atoms with Gasteiger partial charge in [0, 0.05) is 13.5 Å². The minimum Gasteiger partial charge on any atom is -0.461 e. The summed E-state index contributed by atoms with van der Waals surface area (Å²) in [6, 6.07) is -0.870. The van der Waals surface area contributed by atoms with Gasteiger partial charge in [-0.05, 0) is 6.92 Å². The van der Waals surface area contributed by atoms with Crippen LogP contribution < -0.4 is 10.6 Å². The summed E-state index contributed by atoms with van der Waals surface area (Å²) in [5.74, 6) is -1.12. The molecule has 3 atom stereocenters. The number of carbonyl (C=O) groups excluding carboxylic acids is 3. The summed E-state index contributed by atoms with van der Waals surface area (Å²) in [7, 11) is 0. The Kier molecular flexibility index (Phi) is 8.48. The summed E-state index contributed by atoms with van der Waals surface area (Å²) >= 11 is 5.07. The maximum absolute atomic E-state index is 11.9. The van der Waals surface area contributed by atoms with Gasteiger partial charge in [-0.15, -0.1) is 10.1 Å². The predicted octanol–water partition coefficient (Wildman–Crippen LogP) is -0.526. The molecule has 3 unspecified atom stereocenters. The molecule has 0 aromatic carbocycles. The zero-order valence-electron chi connectivity index (χ0n) is 14.1. The molecule has 0 aromatic heterocycles. The lowest BCUT2D eigenvalue weighted by Gasteiger charge is -2.20. The molecule has 0 bridgehead atoms. The second kappa shape index (κ2) is 10.3. The average Bonchev–Trinajstić information content (AvgIpc) is 2.85. The van der Waals surface area contributed by atoms with Crippen molar-refractivity contribution in [1.29, 1.82) is 0 Å². The van der Waals surface area contributed by atoms with Crippen LogP contribution >= 0.6 is 12.2 Å². The van der Waals surface area contributed by atoms with Crippen LogP contribution in [0.15, 0.2) is 0 Å². The number of nitrogens with one attached hydrogen (secondary N) is 2. The number of thiocarbonyl (C=S) groups is 1. The van der Waals surface area contributed by atoms with Gasteiger partial charge in [0.05, 0.1) is 17.5 Å². The predicted molar refractivity (Wildman–Crippen MR) is 87.5 cm³/mol. The lowest BCUT2D eigenvalue weighted by molar-refractivity contribution is -0.757. The third kappa shape index (κ3) is 7.92. The van der Waals surface area contributed by atoms with E-state index in [2.05, 4.69) is 15.5 Å². The summed E-state index contributed by atoms with van der Waals surface area (Å²) in [5.41, 5.74) is 0. The van der Waals surface area contributed by atoms with E-state index in [-0.39, 0.29) is 31.2 Å². The molecule has 1 fully saturated rings. The van der Waals surface area contributed by atoms with Crippen molar-refractivity contribution in [2.24, 2.45) is 0 Å². The SMILES string of the molecule is CC(=O)NC(CC(=O)OCC1OC(=O)OC1C)C(=S)NCCO[N+](=O)[O-]. The molecule has 1 aliphatic rings. The van der Waals surface area contributed by atoms with Gasteiger partial charge in [0.1, 0.15) is 19.3 Å². The number of ether oxygens (including phenoxy) is 3. The van der Waals surface area contributed by atoms with Crippen LogP contribution in [0.4, 0.5) is 4.79 Å². The highest BCUT2D eigenvalue weighted by atomic mass is 32.1. The number of amides is 1. The van der Waals surface area contributed by atoms with E-state index in [0.717, 1.165) is 0 Å². The Bertz CT molecular complexity index is 571. The quantitative estimate of drug-likeness (QED) is 0.162. The molecule has 26 heavy (non-hydrogen) atoms. The van der Waals surface area contributed by atoms with Gasteiger partial charge in [0.2, 0.25) is 5.91 Å².